The number of nitrogens with one attached hydrogen (secondary N) is 2. The summed E-state index contributed by atoms with van der Waals surface area (Å²) in [7, 11) is 1.81. The first-order chi connectivity index (χ1) is 12.0. The number of aliphatic hydroxyl groups is 1. The standard InChI is InChI=1S/C17H25N5O3/c1-12(16-21-19-11-22(16)3)20-17(24)18-9-15(23)10-25-13(2)14-7-5-4-6-8-14/h4-8,11-13,15,23H,9-10H2,1-3H3,(H2,18,20,24). The maximum atomic E-state index is 11.9. The Morgan fingerprint density at radius 1 is 1.32 bits per heavy atom. The summed E-state index contributed by atoms with van der Waals surface area (Å²) in [6, 6.07) is 9.08. The molecule has 0 radical (unpaired) electrons. The fourth-order valence-corrected chi connectivity index (χ4v) is 2.34. The van der Waals surface area contributed by atoms with E-state index in [4.69, 9.17) is 4.74 Å². The Morgan fingerprint density at radius 3 is 2.68 bits per heavy atom. The number of carbonyl (C=O) groups is 1. The number of aryl methyl sites for hydroxylation is 1. The van der Waals surface area contributed by atoms with Crippen LogP contribution in [0.3, 0.4) is 0 Å². The summed E-state index contributed by atoms with van der Waals surface area (Å²) in [5.41, 5.74) is 1.04. The summed E-state index contributed by atoms with van der Waals surface area (Å²) in [5.74, 6) is 0.649. The van der Waals surface area contributed by atoms with E-state index < -0.39 is 6.10 Å². The van der Waals surface area contributed by atoms with Gasteiger partial charge in [-0.05, 0) is 19.4 Å². The molecule has 1 aromatic heterocycles. The van der Waals surface area contributed by atoms with Crippen LogP contribution in [0.25, 0.3) is 0 Å². The van der Waals surface area contributed by atoms with Gasteiger partial charge in [-0.1, -0.05) is 30.3 Å². The minimum atomic E-state index is -0.790. The van der Waals surface area contributed by atoms with Gasteiger partial charge in [-0.2, -0.15) is 0 Å². The average molecular weight is 347 g/mol. The zero-order valence-electron chi connectivity index (χ0n) is 14.7. The van der Waals surface area contributed by atoms with Gasteiger partial charge in [-0.25, -0.2) is 4.79 Å². The molecule has 8 nitrogen and oxygen atoms in total. The third kappa shape index (κ3) is 5.84. The number of hydrogen-bond acceptors (Lipinski definition) is 5. The number of rotatable bonds is 8. The summed E-state index contributed by atoms with van der Waals surface area (Å²) in [5, 5.41) is 23.0. The minimum absolute atomic E-state index is 0.0961. The summed E-state index contributed by atoms with van der Waals surface area (Å²) in [4.78, 5) is 11.9. The van der Waals surface area contributed by atoms with Crippen LogP contribution in [-0.2, 0) is 11.8 Å². The van der Waals surface area contributed by atoms with Crippen molar-refractivity contribution in [3.8, 4) is 0 Å². The molecule has 0 saturated carbocycles. The second-order valence-corrected chi connectivity index (χ2v) is 5.92. The highest BCUT2D eigenvalue weighted by molar-refractivity contribution is 5.74. The number of nitrogens with zero attached hydrogens (tertiary/aromatic N) is 3. The number of benzene rings is 1. The molecule has 136 valence electrons. The van der Waals surface area contributed by atoms with E-state index in [2.05, 4.69) is 20.8 Å². The maximum Gasteiger partial charge on any atom is 0.315 e. The van der Waals surface area contributed by atoms with Crippen molar-refractivity contribution in [2.24, 2.45) is 7.05 Å². The summed E-state index contributed by atoms with van der Waals surface area (Å²) in [6.45, 7) is 3.96. The van der Waals surface area contributed by atoms with Gasteiger partial charge in [0, 0.05) is 13.6 Å². The van der Waals surface area contributed by atoms with Crippen molar-refractivity contribution < 1.29 is 14.6 Å². The number of hydrogen-bond donors (Lipinski definition) is 3. The zero-order chi connectivity index (χ0) is 18.2. The third-order valence-corrected chi connectivity index (χ3v) is 3.79. The Morgan fingerprint density at radius 2 is 2.04 bits per heavy atom. The molecule has 3 N–H and O–H groups in total. The number of urea groups is 1. The Labute approximate surface area is 147 Å². The van der Waals surface area contributed by atoms with Crippen LogP contribution in [0.1, 0.15) is 37.4 Å². The predicted molar refractivity (Wildman–Crippen MR) is 92.8 cm³/mol. The molecule has 0 spiro atoms. The van der Waals surface area contributed by atoms with Crippen molar-refractivity contribution in [1.29, 1.82) is 0 Å². The molecule has 0 aliphatic heterocycles. The molecule has 0 fully saturated rings. The smallest absolute Gasteiger partial charge is 0.315 e. The summed E-state index contributed by atoms with van der Waals surface area (Å²) < 4.78 is 7.37. The first kappa shape index (κ1) is 18.9. The lowest BCUT2D eigenvalue weighted by Gasteiger charge is -2.18. The van der Waals surface area contributed by atoms with Crippen LogP contribution < -0.4 is 10.6 Å². The fraction of sp³-hybridized carbons (Fsp3) is 0.471. The molecule has 2 aromatic rings. The quantitative estimate of drug-likeness (QED) is 0.668. The van der Waals surface area contributed by atoms with E-state index in [0.29, 0.717) is 5.82 Å². The highest BCUT2D eigenvalue weighted by atomic mass is 16.5. The largest absolute Gasteiger partial charge is 0.389 e. The van der Waals surface area contributed by atoms with E-state index >= 15 is 0 Å². The van der Waals surface area contributed by atoms with Crippen molar-refractivity contribution in [2.75, 3.05) is 13.2 Å². The topological polar surface area (TPSA) is 101 Å². The normalized spacial score (nSPS) is 14.6. The van der Waals surface area contributed by atoms with Crippen molar-refractivity contribution >= 4 is 6.03 Å². The fourth-order valence-electron chi connectivity index (χ4n) is 2.34. The molecule has 3 unspecified atom stereocenters. The Balaban J connectivity index is 1.68. The second-order valence-electron chi connectivity index (χ2n) is 5.92. The number of aromatic nitrogens is 3. The van der Waals surface area contributed by atoms with Crippen molar-refractivity contribution in [3.05, 3.63) is 48.0 Å². The van der Waals surface area contributed by atoms with Gasteiger partial charge in [0.25, 0.3) is 0 Å². The monoisotopic (exact) mass is 347 g/mol. The van der Waals surface area contributed by atoms with Crippen LogP contribution in [0.5, 0.6) is 0 Å². The number of carbonyl (C=O) groups excluding carboxylic acids is 1. The average Bonchev–Trinajstić information content (AvgIpc) is 3.04. The Hall–Kier alpha value is -2.45. The van der Waals surface area contributed by atoms with Gasteiger partial charge < -0.3 is 25.0 Å². The molecular weight excluding hydrogens is 322 g/mol. The Kier molecular flexibility index (Phi) is 6.91. The molecule has 0 aliphatic rings. The van der Waals surface area contributed by atoms with Gasteiger partial charge in [-0.3, -0.25) is 0 Å². The van der Waals surface area contributed by atoms with Crippen LogP contribution in [0, 0.1) is 0 Å². The van der Waals surface area contributed by atoms with Gasteiger partial charge in [-0.15, -0.1) is 10.2 Å². The first-order valence-corrected chi connectivity index (χ1v) is 8.20. The van der Waals surface area contributed by atoms with Gasteiger partial charge >= 0.3 is 6.03 Å². The van der Waals surface area contributed by atoms with Crippen molar-refractivity contribution in [1.82, 2.24) is 25.4 Å². The van der Waals surface area contributed by atoms with Gasteiger partial charge in [0.05, 0.1) is 24.9 Å². The minimum Gasteiger partial charge on any atom is -0.389 e. The van der Waals surface area contributed by atoms with Crippen LogP contribution >= 0.6 is 0 Å². The molecule has 25 heavy (non-hydrogen) atoms. The molecule has 1 heterocycles. The second kappa shape index (κ2) is 9.14. The maximum absolute atomic E-state index is 11.9. The van der Waals surface area contributed by atoms with Crippen LogP contribution in [0.4, 0.5) is 4.79 Å². The van der Waals surface area contributed by atoms with E-state index in [1.165, 1.54) is 0 Å². The molecule has 0 saturated heterocycles. The molecular formula is C17H25N5O3. The molecule has 3 atom stereocenters. The molecule has 0 bridgehead atoms. The molecule has 1 aromatic carbocycles. The van der Waals surface area contributed by atoms with Gasteiger partial charge in [0.15, 0.2) is 5.82 Å². The van der Waals surface area contributed by atoms with Crippen molar-refractivity contribution in [2.45, 2.75) is 32.1 Å². The van der Waals surface area contributed by atoms with Crippen molar-refractivity contribution in [3.63, 3.8) is 0 Å². The lowest BCUT2D eigenvalue weighted by atomic mass is 10.1. The first-order valence-electron chi connectivity index (χ1n) is 8.20. The highest BCUT2D eigenvalue weighted by Crippen LogP contribution is 2.15. The lowest BCUT2D eigenvalue weighted by Crippen LogP contribution is -2.42. The van der Waals surface area contributed by atoms with Gasteiger partial charge in [0.2, 0.25) is 0 Å². The van der Waals surface area contributed by atoms with Crippen LogP contribution in [0.15, 0.2) is 36.7 Å². The van der Waals surface area contributed by atoms with E-state index in [-0.39, 0.29) is 31.3 Å². The van der Waals surface area contributed by atoms with E-state index in [1.807, 2.05) is 44.2 Å². The van der Waals surface area contributed by atoms with Crippen LogP contribution in [-0.4, -0.2) is 45.2 Å². The lowest BCUT2D eigenvalue weighted by molar-refractivity contribution is -0.00110. The van der Waals surface area contributed by atoms with E-state index in [1.54, 1.807) is 17.9 Å². The summed E-state index contributed by atoms with van der Waals surface area (Å²) >= 11 is 0. The predicted octanol–water partition coefficient (Wildman–Crippen LogP) is 1.31. The van der Waals surface area contributed by atoms with E-state index in [9.17, 15) is 9.90 Å². The zero-order valence-corrected chi connectivity index (χ0v) is 14.7. The third-order valence-electron chi connectivity index (χ3n) is 3.79. The van der Waals surface area contributed by atoms with Crippen LogP contribution in [0.2, 0.25) is 0 Å². The molecule has 2 rings (SSSR count). The van der Waals surface area contributed by atoms with E-state index in [0.717, 1.165) is 5.56 Å². The Bertz CT molecular complexity index is 661. The molecule has 2 amide bonds. The number of amides is 2. The summed E-state index contributed by atoms with van der Waals surface area (Å²) in [6.07, 6.45) is 0.656. The SMILES string of the molecule is CC(NC(=O)NCC(O)COC(C)c1ccccc1)c1nncn1C. The molecule has 0 aliphatic carbocycles. The molecule has 8 heteroatoms. The number of ether oxygens (including phenoxy) is 1. The van der Waals surface area contributed by atoms with Gasteiger partial charge in [0.1, 0.15) is 6.33 Å². The highest BCUT2D eigenvalue weighted by Gasteiger charge is 2.15. The number of aliphatic hydroxyl groups excluding tert-OH is 1.